The number of pyridine rings is 1. The van der Waals surface area contributed by atoms with Crippen molar-refractivity contribution in [2.24, 2.45) is 0 Å². The number of hydrogen-bond donors (Lipinski definition) is 1. The number of nitrogens with zero attached hydrogens (tertiary/aromatic N) is 1. The molecule has 1 aromatic carbocycles. The Balaban J connectivity index is 2.14. The number of aliphatic hydroxyl groups excluding tert-OH is 1. The van der Waals surface area contributed by atoms with Crippen LogP contribution in [-0.4, -0.2) is 10.1 Å². The van der Waals surface area contributed by atoms with E-state index in [2.05, 4.69) is 20.9 Å². The Labute approximate surface area is 109 Å². The molecule has 2 aromatic rings. The van der Waals surface area contributed by atoms with Crippen LogP contribution < -0.4 is 0 Å². The zero-order valence-electron chi connectivity index (χ0n) is 9.60. The van der Waals surface area contributed by atoms with Crippen LogP contribution in [0.2, 0.25) is 0 Å². The van der Waals surface area contributed by atoms with Crippen molar-refractivity contribution < 1.29 is 5.11 Å². The lowest BCUT2D eigenvalue weighted by Gasteiger charge is -2.11. The summed E-state index contributed by atoms with van der Waals surface area (Å²) in [6.45, 7) is 1.93. The minimum Gasteiger partial charge on any atom is -0.386 e. The minimum atomic E-state index is -0.552. The fourth-order valence-electron chi connectivity index (χ4n) is 1.74. The van der Waals surface area contributed by atoms with Crippen LogP contribution in [0.4, 0.5) is 0 Å². The Kier molecular flexibility index (Phi) is 3.92. The standard InChI is InChI=1S/C14H14BrNO/c1-10-4-2-7-13(16-10)14(17)9-11-5-3-6-12(15)8-11/h2-8,14,17H,9H2,1H3. The monoisotopic (exact) mass is 291 g/mol. The van der Waals surface area contributed by atoms with E-state index in [0.29, 0.717) is 6.42 Å². The zero-order valence-corrected chi connectivity index (χ0v) is 11.2. The Morgan fingerprint density at radius 2 is 2.00 bits per heavy atom. The fraction of sp³-hybridized carbons (Fsp3) is 0.214. The first-order chi connectivity index (χ1) is 8.15. The quantitative estimate of drug-likeness (QED) is 0.940. The molecular weight excluding hydrogens is 278 g/mol. The molecule has 0 amide bonds. The van der Waals surface area contributed by atoms with Crippen LogP contribution >= 0.6 is 15.9 Å². The van der Waals surface area contributed by atoms with Crippen LogP contribution in [0.25, 0.3) is 0 Å². The maximum Gasteiger partial charge on any atom is 0.1000 e. The zero-order chi connectivity index (χ0) is 12.3. The summed E-state index contributed by atoms with van der Waals surface area (Å²) in [6, 6.07) is 13.7. The lowest BCUT2D eigenvalue weighted by molar-refractivity contribution is 0.173. The summed E-state index contributed by atoms with van der Waals surface area (Å²) in [5.74, 6) is 0. The summed E-state index contributed by atoms with van der Waals surface area (Å²) in [7, 11) is 0. The number of hydrogen-bond acceptors (Lipinski definition) is 2. The van der Waals surface area contributed by atoms with E-state index in [9.17, 15) is 5.11 Å². The third kappa shape index (κ3) is 3.38. The smallest absolute Gasteiger partial charge is 0.1000 e. The van der Waals surface area contributed by atoms with Gasteiger partial charge in [-0.25, -0.2) is 0 Å². The maximum atomic E-state index is 10.1. The highest BCUT2D eigenvalue weighted by molar-refractivity contribution is 9.10. The second-order valence-corrected chi connectivity index (χ2v) is 4.97. The van der Waals surface area contributed by atoms with Gasteiger partial charge in [0.05, 0.1) is 11.8 Å². The first kappa shape index (κ1) is 12.3. The number of aliphatic hydroxyl groups is 1. The van der Waals surface area contributed by atoms with Crippen molar-refractivity contribution >= 4 is 15.9 Å². The van der Waals surface area contributed by atoms with Gasteiger partial charge in [-0.1, -0.05) is 34.1 Å². The summed E-state index contributed by atoms with van der Waals surface area (Å²) in [4.78, 5) is 4.33. The van der Waals surface area contributed by atoms with Gasteiger partial charge in [0.25, 0.3) is 0 Å². The van der Waals surface area contributed by atoms with E-state index in [1.54, 1.807) is 0 Å². The summed E-state index contributed by atoms with van der Waals surface area (Å²) < 4.78 is 1.03. The van der Waals surface area contributed by atoms with Gasteiger partial charge < -0.3 is 5.11 Å². The molecule has 2 nitrogen and oxygen atoms in total. The molecule has 88 valence electrons. The maximum absolute atomic E-state index is 10.1. The second-order valence-electron chi connectivity index (χ2n) is 4.05. The Morgan fingerprint density at radius 3 is 2.71 bits per heavy atom. The van der Waals surface area contributed by atoms with Gasteiger partial charge in [0.2, 0.25) is 0 Å². The average Bonchev–Trinajstić information content (AvgIpc) is 2.29. The molecule has 1 aromatic heterocycles. The molecule has 0 spiro atoms. The van der Waals surface area contributed by atoms with Crippen LogP contribution in [0.15, 0.2) is 46.9 Å². The van der Waals surface area contributed by atoms with Crippen LogP contribution in [-0.2, 0) is 6.42 Å². The first-order valence-corrected chi connectivity index (χ1v) is 6.30. The molecule has 0 radical (unpaired) electrons. The van der Waals surface area contributed by atoms with Crippen LogP contribution in [0.1, 0.15) is 23.1 Å². The topological polar surface area (TPSA) is 33.1 Å². The Morgan fingerprint density at radius 1 is 1.24 bits per heavy atom. The lowest BCUT2D eigenvalue weighted by Crippen LogP contribution is -2.04. The van der Waals surface area contributed by atoms with E-state index in [0.717, 1.165) is 21.4 Å². The summed E-state index contributed by atoms with van der Waals surface area (Å²) in [6.07, 6.45) is 0.0276. The molecule has 1 N–H and O–H groups in total. The fourth-order valence-corrected chi connectivity index (χ4v) is 2.19. The van der Waals surface area contributed by atoms with E-state index in [1.807, 2.05) is 49.4 Å². The summed E-state index contributed by atoms with van der Waals surface area (Å²) >= 11 is 3.42. The molecule has 0 fully saturated rings. The van der Waals surface area contributed by atoms with Crippen molar-refractivity contribution in [2.75, 3.05) is 0 Å². The molecule has 0 saturated carbocycles. The molecule has 0 saturated heterocycles. The Bertz CT molecular complexity index is 513. The van der Waals surface area contributed by atoms with Crippen LogP contribution in [0.3, 0.4) is 0 Å². The van der Waals surface area contributed by atoms with E-state index in [1.165, 1.54) is 0 Å². The number of rotatable bonds is 3. The SMILES string of the molecule is Cc1cccc(C(O)Cc2cccc(Br)c2)n1. The molecule has 0 bridgehead atoms. The highest BCUT2D eigenvalue weighted by atomic mass is 79.9. The van der Waals surface area contributed by atoms with E-state index in [-0.39, 0.29) is 0 Å². The predicted octanol–water partition coefficient (Wildman–Crippen LogP) is 3.43. The van der Waals surface area contributed by atoms with Crippen molar-refractivity contribution in [3.8, 4) is 0 Å². The van der Waals surface area contributed by atoms with Crippen molar-refractivity contribution in [1.82, 2.24) is 4.98 Å². The molecule has 0 aliphatic heterocycles. The molecular formula is C14H14BrNO. The largest absolute Gasteiger partial charge is 0.386 e. The summed E-state index contributed by atoms with van der Waals surface area (Å²) in [5, 5.41) is 10.1. The molecule has 1 atom stereocenters. The molecule has 1 unspecified atom stereocenters. The Hall–Kier alpha value is -1.19. The van der Waals surface area contributed by atoms with Gasteiger partial charge in [-0.05, 0) is 36.8 Å². The van der Waals surface area contributed by atoms with Gasteiger partial charge >= 0.3 is 0 Å². The number of aryl methyl sites for hydroxylation is 1. The summed E-state index contributed by atoms with van der Waals surface area (Å²) in [5.41, 5.74) is 2.75. The van der Waals surface area contributed by atoms with Gasteiger partial charge in [0, 0.05) is 16.6 Å². The van der Waals surface area contributed by atoms with E-state index in [4.69, 9.17) is 0 Å². The van der Waals surface area contributed by atoms with Gasteiger partial charge in [-0.15, -0.1) is 0 Å². The van der Waals surface area contributed by atoms with Gasteiger partial charge in [0.1, 0.15) is 0 Å². The van der Waals surface area contributed by atoms with Crippen molar-refractivity contribution in [3.63, 3.8) is 0 Å². The van der Waals surface area contributed by atoms with Crippen molar-refractivity contribution in [3.05, 3.63) is 63.9 Å². The number of benzene rings is 1. The number of aromatic nitrogens is 1. The molecule has 3 heteroatoms. The van der Waals surface area contributed by atoms with Gasteiger partial charge in [-0.3, -0.25) is 4.98 Å². The van der Waals surface area contributed by atoms with Crippen molar-refractivity contribution in [2.45, 2.75) is 19.4 Å². The van der Waals surface area contributed by atoms with E-state index < -0.39 is 6.10 Å². The molecule has 0 aliphatic rings. The predicted molar refractivity (Wildman–Crippen MR) is 71.8 cm³/mol. The highest BCUT2D eigenvalue weighted by Crippen LogP contribution is 2.19. The van der Waals surface area contributed by atoms with Crippen molar-refractivity contribution in [1.29, 1.82) is 0 Å². The molecule has 2 rings (SSSR count). The normalized spacial score (nSPS) is 12.4. The second kappa shape index (κ2) is 5.43. The third-order valence-corrected chi connectivity index (χ3v) is 3.06. The molecule has 0 aliphatic carbocycles. The van der Waals surface area contributed by atoms with Gasteiger partial charge in [-0.2, -0.15) is 0 Å². The van der Waals surface area contributed by atoms with Crippen LogP contribution in [0.5, 0.6) is 0 Å². The minimum absolute atomic E-state index is 0.552. The lowest BCUT2D eigenvalue weighted by atomic mass is 10.1. The first-order valence-electron chi connectivity index (χ1n) is 5.51. The average molecular weight is 292 g/mol. The molecule has 1 heterocycles. The highest BCUT2D eigenvalue weighted by Gasteiger charge is 2.10. The van der Waals surface area contributed by atoms with Gasteiger partial charge in [0.15, 0.2) is 0 Å². The third-order valence-electron chi connectivity index (χ3n) is 2.57. The molecule has 17 heavy (non-hydrogen) atoms. The van der Waals surface area contributed by atoms with E-state index >= 15 is 0 Å². The van der Waals surface area contributed by atoms with Crippen LogP contribution in [0, 0.1) is 6.92 Å². The number of halogens is 1.